The van der Waals surface area contributed by atoms with Crippen molar-refractivity contribution in [2.75, 3.05) is 6.61 Å². The summed E-state index contributed by atoms with van der Waals surface area (Å²) < 4.78 is 5.59. The first-order valence-corrected chi connectivity index (χ1v) is 6.75. The molecular weight excluding hydrogens is 258 g/mol. The maximum Gasteiger partial charge on any atom is 0.310 e. The molecule has 0 aliphatic carbocycles. The highest BCUT2D eigenvalue weighted by Gasteiger charge is 2.16. The third-order valence-electron chi connectivity index (χ3n) is 3.22. The number of rotatable bonds is 7. The topological polar surface area (TPSA) is 70.0 Å². The van der Waals surface area contributed by atoms with Crippen LogP contribution in [0.1, 0.15) is 39.2 Å². The van der Waals surface area contributed by atoms with E-state index < -0.39 is 11.9 Å². The summed E-state index contributed by atoms with van der Waals surface area (Å²) in [7, 11) is 0. The molecule has 20 heavy (non-hydrogen) atoms. The van der Waals surface area contributed by atoms with Gasteiger partial charge in [0, 0.05) is 6.04 Å². The lowest BCUT2D eigenvalue weighted by Crippen LogP contribution is -2.39. The average molecular weight is 281 g/mol. The second-order valence-electron chi connectivity index (χ2n) is 5.26. The van der Waals surface area contributed by atoms with Crippen molar-refractivity contribution >= 4 is 5.97 Å². The van der Waals surface area contributed by atoms with Gasteiger partial charge in [-0.05, 0) is 45.4 Å². The maximum atomic E-state index is 10.9. The van der Waals surface area contributed by atoms with Crippen molar-refractivity contribution in [3.8, 4) is 5.75 Å². The molecule has 2 atom stereocenters. The molecule has 0 aliphatic rings. The number of nitrogens with zero attached hydrogens (tertiary/aromatic N) is 1. The van der Waals surface area contributed by atoms with Gasteiger partial charge < -0.3 is 15.1 Å². The minimum atomic E-state index is -0.847. The summed E-state index contributed by atoms with van der Waals surface area (Å²) in [6, 6.07) is 6.91. The minimum absolute atomic E-state index is 0.0346. The fraction of sp³-hybridized carbons (Fsp3) is 0.533. The normalized spacial score (nSPS) is 14.3. The fourth-order valence-electron chi connectivity index (χ4n) is 1.80. The van der Waals surface area contributed by atoms with Crippen molar-refractivity contribution in [3.63, 3.8) is 0 Å². The highest BCUT2D eigenvalue weighted by Crippen LogP contribution is 2.19. The Bertz CT molecular complexity index is 430. The SMILES string of the molecule is CC(C(=O)O)c1ccc(OCC(C)N(O)C(C)C)cc1. The van der Waals surface area contributed by atoms with Gasteiger partial charge in [-0.2, -0.15) is 5.06 Å². The van der Waals surface area contributed by atoms with Crippen LogP contribution in [0.25, 0.3) is 0 Å². The maximum absolute atomic E-state index is 10.9. The van der Waals surface area contributed by atoms with E-state index in [-0.39, 0.29) is 12.1 Å². The van der Waals surface area contributed by atoms with Gasteiger partial charge in [-0.3, -0.25) is 4.79 Å². The fourth-order valence-corrected chi connectivity index (χ4v) is 1.80. The summed E-state index contributed by atoms with van der Waals surface area (Å²) in [5, 5.41) is 19.9. The van der Waals surface area contributed by atoms with Crippen molar-refractivity contribution in [2.24, 2.45) is 0 Å². The smallest absolute Gasteiger partial charge is 0.310 e. The van der Waals surface area contributed by atoms with Crippen LogP contribution in [0, 0.1) is 0 Å². The predicted octanol–water partition coefficient (Wildman–Crippen LogP) is 2.74. The van der Waals surface area contributed by atoms with E-state index in [4.69, 9.17) is 9.84 Å². The number of benzene rings is 1. The average Bonchev–Trinajstić information content (AvgIpc) is 2.43. The van der Waals surface area contributed by atoms with Crippen molar-refractivity contribution < 1.29 is 19.8 Å². The number of carboxylic acid groups (broad SMARTS) is 1. The molecular formula is C15H23NO4. The lowest BCUT2D eigenvalue weighted by Gasteiger charge is -2.26. The molecule has 0 aromatic heterocycles. The summed E-state index contributed by atoms with van der Waals surface area (Å²) in [4.78, 5) is 10.9. The number of hydroxylamine groups is 2. The van der Waals surface area contributed by atoms with Crippen molar-refractivity contribution in [3.05, 3.63) is 29.8 Å². The van der Waals surface area contributed by atoms with Crippen LogP contribution in [-0.4, -0.2) is 40.0 Å². The van der Waals surface area contributed by atoms with Gasteiger partial charge in [-0.25, -0.2) is 0 Å². The van der Waals surface area contributed by atoms with Gasteiger partial charge >= 0.3 is 5.97 Å². The first-order chi connectivity index (χ1) is 9.32. The Hall–Kier alpha value is -1.59. The van der Waals surface area contributed by atoms with Crippen LogP contribution < -0.4 is 4.74 Å². The molecule has 0 amide bonds. The van der Waals surface area contributed by atoms with Crippen LogP contribution in [0.5, 0.6) is 5.75 Å². The van der Waals surface area contributed by atoms with Gasteiger partial charge in [0.15, 0.2) is 0 Å². The number of ether oxygens (including phenoxy) is 1. The van der Waals surface area contributed by atoms with Crippen LogP contribution in [0.2, 0.25) is 0 Å². The summed E-state index contributed by atoms with van der Waals surface area (Å²) >= 11 is 0. The van der Waals surface area contributed by atoms with Crippen molar-refractivity contribution in [2.45, 2.75) is 45.7 Å². The number of hydrogen-bond donors (Lipinski definition) is 2. The zero-order chi connectivity index (χ0) is 15.3. The van der Waals surface area contributed by atoms with E-state index in [1.165, 1.54) is 5.06 Å². The summed E-state index contributed by atoms with van der Waals surface area (Å²) in [5.41, 5.74) is 0.740. The van der Waals surface area contributed by atoms with E-state index >= 15 is 0 Å². The second kappa shape index (κ2) is 7.26. The number of aliphatic carboxylic acids is 1. The largest absolute Gasteiger partial charge is 0.492 e. The Balaban J connectivity index is 2.56. The molecule has 0 saturated carbocycles. The molecule has 2 N–H and O–H groups in total. The number of hydrogen-bond acceptors (Lipinski definition) is 4. The first-order valence-electron chi connectivity index (χ1n) is 6.75. The zero-order valence-electron chi connectivity index (χ0n) is 12.4. The Morgan fingerprint density at radius 2 is 1.75 bits per heavy atom. The van der Waals surface area contributed by atoms with Crippen molar-refractivity contribution in [1.82, 2.24) is 5.06 Å². The molecule has 1 aromatic carbocycles. The van der Waals surface area contributed by atoms with Gasteiger partial charge in [-0.1, -0.05) is 12.1 Å². The predicted molar refractivity (Wildman–Crippen MR) is 76.2 cm³/mol. The second-order valence-corrected chi connectivity index (χ2v) is 5.26. The van der Waals surface area contributed by atoms with Crippen LogP contribution >= 0.6 is 0 Å². The number of carboxylic acids is 1. The third kappa shape index (κ3) is 4.51. The highest BCUT2D eigenvalue weighted by molar-refractivity contribution is 5.75. The summed E-state index contributed by atoms with van der Waals surface area (Å²) in [6.45, 7) is 7.69. The third-order valence-corrected chi connectivity index (χ3v) is 3.22. The molecule has 112 valence electrons. The molecule has 0 saturated heterocycles. The molecule has 0 aliphatic heterocycles. The Morgan fingerprint density at radius 3 is 2.20 bits per heavy atom. The standard InChI is InChI=1S/C15H23NO4/c1-10(2)16(19)11(3)9-20-14-7-5-13(6-8-14)12(4)15(17)18/h5-8,10-12,19H,9H2,1-4H3,(H,17,18). The Labute approximate surface area is 119 Å². The van der Waals surface area contributed by atoms with Crippen LogP contribution in [-0.2, 0) is 4.79 Å². The van der Waals surface area contributed by atoms with E-state index in [1.807, 2.05) is 20.8 Å². The molecule has 0 bridgehead atoms. The molecule has 0 spiro atoms. The Morgan fingerprint density at radius 1 is 1.20 bits per heavy atom. The van der Waals surface area contributed by atoms with E-state index in [9.17, 15) is 10.0 Å². The molecule has 0 radical (unpaired) electrons. The monoisotopic (exact) mass is 281 g/mol. The quantitative estimate of drug-likeness (QED) is 0.752. The van der Waals surface area contributed by atoms with Gasteiger partial charge in [0.25, 0.3) is 0 Å². The molecule has 2 unspecified atom stereocenters. The molecule has 1 rings (SSSR count). The highest BCUT2D eigenvalue weighted by atomic mass is 16.5. The molecule has 0 heterocycles. The van der Waals surface area contributed by atoms with Gasteiger partial charge in [0.1, 0.15) is 12.4 Å². The first kappa shape index (κ1) is 16.5. The van der Waals surface area contributed by atoms with Crippen LogP contribution in [0.15, 0.2) is 24.3 Å². The van der Waals surface area contributed by atoms with E-state index in [2.05, 4.69) is 0 Å². The van der Waals surface area contributed by atoms with E-state index in [1.54, 1.807) is 31.2 Å². The summed E-state index contributed by atoms with van der Waals surface area (Å²) in [6.07, 6.45) is 0. The zero-order valence-corrected chi connectivity index (χ0v) is 12.4. The lowest BCUT2D eigenvalue weighted by molar-refractivity contribution is -0.153. The van der Waals surface area contributed by atoms with E-state index in [0.717, 1.165) is 5.56 Å². The van der Waals surface area contributed by atoms with Gasteiger partial charge in [0.2, 0.25) is 0 Å². The number of carbonyl (C=O) groups is 1. The van der Waals surface area contributed by atoms with Gasteiger partial charge in [-0.15, -0.1) is 0 Å². The van der Waals surface area contributed by atoms with E-state index in [0.29, 0.717) is 12.4 Å². The van der Waals surface area contributed by atoms with Gasteiger partial charge in [0.05, 0.1) is 12.0 Å². The minimum Gasteiger partial charge on any atom is -0.492 e. The molecule has 1 aromatic rings. The molecule has 5 heteroatoms. The summed E-state index contributed by atoms with van der Waals surface area (Å²) in [5.74, 6) is -0.715. The Kier molecular flexibility index (Phi) is 5.98. The van der Waals surface area contributed by atoms with Crippen molar-refractivity contribution in [1.29, 1.82) is 0 Å². The van der Waals surface area contributed by atoms with Crippen LogP contribution in [0.4, 0.5) is 0 Å². The van der Waals surface area contributed by atoms with Crippen LogP contribution in [0.3, 0.4) is 0 Å². The molecule has 5 nitrogen and oxygen atoms in total. The molecule has 0 fully saturated rings. The lowest BCUT2D eigenvalue weighted by atomic mass is 10.0.